The summed E-state index contributed by atoms with van der Waals surface area (Å²) < 4.78 is 7.01. The molecule has 30 heavy (non-hydrogen) atoms. The molecule has 0 amide bonds. The molecule has 2 aromatic heterocycles. The van der Waals surface area contributed by atoms with Crippen molar-refractivity contribution in [2.45, 2.75) is 25.5 Å². The monoisotopic (exact) mass is 419 g/mol. The number of thioether (sulfide) groups is 1. The van der Waals surface area contributed by atoms with Gasteiger partial charge < -0.3 is 9.72 Å². The van der Waals surface area contributed by atoms with Crippen molar-refractivity contribution in [2.75, 3.05) is 12.9 Å². The molecule has 0 saturated heterocycles. The lowest BCUT2D eigenvalue weighted by Gasteiger charge is -2.14. The van der Waals surface area contributed by atoms with Crippen LogP contribution in [0.4, 0.5) is 0 Å². The summed E-state index contributed by atoms with van der Waals surface area (Å²) in [5.74, 6) is 2.19. The molecule has 4 rings (SSSR count). The Bertz CT molecular complexity index is 1200. The molecule has 2 heterocycles. The van der Waals surface area contributed by atoms with Crippen molar-refractivity contribution in [3.63, 3.8) is 0 Å². The summed E-state index contributed by atoms with van der Waals surface area (Å²) in [5, 5.41) is 0.744. The average Bonchev–Trinajstić information content (AvgIpc) is 3.19. The molecule has 2 aromatic carbocycles. The van der Waals surface area contributed by atoms with Crippen LogP contribution in [0.5, 0.6) is 5.75 Å². The second kappa shape index (κ2) is 8.79. The first-order valence-corrected chi connectivity index (χ1v) is 11.0. The van der Waals surface area contributed by atoms with E-state index in [1.807, 2.05) is 60.8 Å². The zero-order chi connectivity index (χ0) is 21.1. The molecule has 0 fully saturated rings. The van der Waals surface area contributed by atoms with E-state index in [2.05, 4.69) is 18.8 Å². The molecule has 0 saturated carbocycles. The lowest BCUT2D eigenvalue weighted by Crippen LogP contribution is -2.24. The van der Waals surface area contributed by atoms with Crippen LogP contribution in [0.1, 0.15) is 19.4 Å². The maximum Gasteiger partial charge on any atom is 0.278 e. The standard InChI is InChI=1S/C24H25N3O2S/c1-16(2)15-30-24-26-21-20(18-7-5-4-6-8-18)13-25-22(21)23(28)27(24)14-17-9-11-19(29-3)12-10-17/h4-13,16,25H,14-15H2,1-3H3. The van der Waals surface area contributed by atoms with Crippen LogP contribution in [0, 0.1) is 5.92 Å². The van der Waals surface area contributed by atoms with Gasteiger partial charge in [0.25, 0.3) is 5.56 Å². The zero-order valence-corrected chi connectivity index (χ0v) is 18.2. The Kier molecular flexibility index (Phi) is 5.95. The highest BCUT2D eigenvalue weighted by Gasteiger charge is 2.17. The molecule has 0 spiro atoms. The smallest absolute Gasteiger partial charge is 0.278 e. The summed E-state index contributed by atoms with van der Waals surface area (Å²) in [6.07, 6.45) is 1.88. The summed E-state index contributed by atoms with van der Waals surface area (Å²) >= 11 is 1.63. The number of nitrogens with one attached hydrogen (secondary N) is 1. The van der Waals surface area contributed by atoms with Gasteiger partial charge in [0.2, 0.25) is 0 Å². The van der Waals surface area contributed by atoms with Gasteiger partial charge in [0, 0.05) is 17.5 Å². The summed E-state index contributed by atoms with van der Waals surface area (Å²) in [7, 11) is 1.65. The van der Waals surface area contributed by atoms with Crippen LogP contribution < -0.4 is 10.3 Å². The molecule has 0 unspecified atom stereocenters. The third-order valence-electron chi connectivity index (χ3n) is 4.88. The Balaban J connectivity index is 1.82. The predicted octanol–water partition coefficient (Wildman–Crippen LogP) is 5.20. The van der Waals surface area contributed by atoms with E-state index in [4.69, 9.17) is 9.72 Å². The van der Waals surface area contributed by atoms with E-state index < -0.39 is 0 Å². The second-order valence-electron chi connectivity index (χ2n) is 7.63. The number of hydrogen-bond donors (Lipinski definition) is 1. The van der Waals surface area contributed by atoms with E-state index in [-0.39, 0.29) is 5.56 Å². The van der Waals surface area contributed by atoms with Gasteiger partial charge in [-0.25, -0.2) is 4.98 Å². The summed E-state index contributed by atoms with van der Waals surface area (Å²) in [6.45, 7) is 4.80. The minimum Gasteiger partial charge on any atom is -0.497 e. The van der Waals surface area contributed by atoms with Crippen molar-refractivity contribution in [3.8, 4) is 16.9 Å². The Morgan fingerprint density at radius 2 is 1.83 bits per heavy atom. The van der Waals surface area contributed by atoms with Gasteiger partial charge in [-0.2, -0.15) is 0 Å². The maximum absolute atomic E-state index is 13.4. The Morgan fingerprint density at radius 3 is 2.50 bits per heavy atom. The molecule has 154 valence electrons. The van der Waals surface area contributed by atoms with E-state index in [0.717, 1.165) is 38.9 Å². The largest absolute Gasteiger partial charge is 0.497 e. The predicted molar refractivity (Wildman–Crippen MR) is 123 cm³/mol. The van der Waals surface area contributed by atoms with E-state index >= 15 is 0 Å². The molecule has 0 radical (unpaired) electrons. The normalized spacial score (nSPS) is 11.3. The molecular weight excluding hydrogens is 394 g/mol. The maximum atomic E-state index is 13.4. The van der Waals surface area contributed by atoms with E-state index in [1.54, 1.807) is 23.4 Å². The number of methoxy groups -OCH3 is 1. The third-order valence-corrected chi connectivity index (χ3v) is 6.28. The number of nitrogens with zero attached hydrogens (tertiary/aromatic N) is 2. The fourth-order valence-electron chi connectivity index (χ4n) is 3.31. The highest BCUT2D eigenvalue weighted by molar-refractivity contribution is 7.99. The molecule has 6 heteroatoms. The molecule has 0 aliphatic rings. The highest BCUT2D eigenvalue weighted by Crippen LogP contribution is 2.28. The van der Waals surface area contributed by atoms with E-state index in [1.165, 1.54) is 0 Å². The number of hydrogen-bond acceptors (Lipinski definition) is 4. The SMILES string of the molecule is COc1ccc(Cn2c(SCC(C)C)nc3c(-c4ccccc4)c[nH]c3c2=O)cc1. The van der Waals surface area contributed by atoms with Gasteiger partial charge >= 0.3 is 0 Å². The van der Waals surface area contributed by atoms with Crippen molar-refractivity contribution in [2.24, 2.45) is 5.92 Å². The molecule has 4 aromatic rings. The minimum absolute atomic E-state index is 0.0516. The topological polar surface area (TPSA) is 59.9 Å². The van der Waals surface area contributed by atoms with Crippen molar-refractivity contribution in [3.05, 3.63) is 76.7 Å². The number of rotatable bonds is 7. The first-order chi connectivity index (χ1) is 14.6. The molecule has 0 aliphatic heterocycles. The number of ether oxygens (including phenoxy) is 1. The first-order valence-electron chi connectivity index (χ1n) is 10.00. The van der Waals surface area contributed by atoms with Gasteiger partial charge in [-0.1, -0.05) is 68.1 Å². The van der Waals surface area contributed by atoms with Crippen LogP contribution in [0.3, 0.4) is 0 Å². The van der Waals surface area contributed by atoms with Crippen molar-refractivity contribution < 1.29 is 4.74 Å². The first kappa shape index (κ1) is 20.3. The van der Waals surface area contributed by atoms with Crippen molar-refractivity contribution in [1.29, 1.82) is 0 Å². The minimum atomic E-state index is -0.0516. The molecule has 0 atom stereocenters. The Labute approximate surface area is 180 Å². The highest BCUT2D eigenvalue weighted by atomic mass is 32.2. The fourth-order valence-corrected chi connectivity index (χ4v) is 4.26. The zero-order valence-electron chi connectivity index (χ0n) is 17.4. The van der Waals surface area contributed by atoms with Crippen LogP contribution in [0.15, 0.2) is 70.7 Å². The number of aromatic nitrogens is 3. The van der Waals surface area contributed by atoms with Gasteiger partial charge in [-0.15, -0.1) is 0 Å². The van der Waals surface area contributed by atoms with Crippen LogP contribution >= 0.6 is 11.8 Å². The summed E-state index contributed by atoms with van der Waals surface area (Å²) in [5.41, 5.74) is 4.23. The van der Waals surface area contributed by atoms with Crippen LogP contribution in [0.25, 0.3) is 22.2 Å². The van der Waals surface area contributed by atoms with E-state index in [9.17, 15) is 4.79 Å². The van der Waals surface area contributed by atoms with Gasteiger partial charge in [0.1, 0.15) is 16.8 Å². The van der Waals surface area contributed by atoms with Gasteiger partial charge in [0.05, 0.1) is 13.7 Å². The second-order valence-corrected chi connectivity index (χ2v) is 8.62. The quantitative estimate of drug-likeness (QED) is 0.331. The summed E-state index contributed by atoms with van der Waals surface area (Å²) in [4.78, 5) is 21.5. The molecule has 0 aliphatic carbocycles. The van der Waals surface area contributed by atoms with E-state index in [0.29, 0.717) is 18.0 Å². The third kappa shape index (κ3) is 4.14. The number of H-pyrrole nitrogens is 1. The van der Waals surface area contributed by atoms with Gasteiger partial charge in [-0.05, 0) is 29.2 Å². The lowest BCUT2D eigenvalue weighted by atomic mass is 10.1. The molecule has 1 N–H and O–H groups in total. The van der Waals surface area contributed by atoms with Gasteiger partial charge in [0.15, 0.2) is 5.16 Å². The molecule has 0 bridgehead atoms. The van der Waals surface area contributed by atoms with Gasteiger partial charge in [-0.3, -0.25) is 9.36 Å². The number of fused-ring (bicyclic) bond motifs is 1. The van der Waals surface area contributed by atoms with Crippen molar-refractivity contribution >= 4 is 22.8 Å². The lowest BCUT2D eigenvalue weighted by molar-refractivity contribution is 0.414. The molecular formula is C24H25N3O2S. The van der Waals surface area contributed by atoms with Crippen molar-refractivity contribution in [1.82, 2.24) is 14.5 Å². The van der Waals surface area contributed by atoms with Crippen LogP contribution in [-0.4, -0.2) is 27.4 Å². The van der Waals surface area contributed by atoms with Crippen LogP contribution in [-0.2, 0) is 6.54 Å². The number of aromatic amines is 1. The summed E-state index contributed by atoms with van der Waals surface area (Å²) in [6, 6.07) is 17.8. The number of benzene rings is 2. The fraction of sp³-hybridized carbons (Fsp3) is 0.250. The molecule has 5 nitrogen and oxygen atoms in total. The Morgan fingerprint density at radius 1 is 1.10 bits per heavy atom. The van der Waals surface area contributed by atoms with Crippen LogP contribution in [0.2, 0.25) is 0 Å². The Hall–Kier alpha value is -2.99. The average molecular weight is 420 g/mol.